The molecule has 0 bridgehead atoms. The topological polar surface area (TPSA) is 64.3 Å². The normalized spacial score (nSPS) is 18.4. The van der Waals surface area contributed by atoms with Gasteiger partial charge in [0.2, 0.25) is 0 Å². The van der Waals surface area contributed by atoms with Gasteiger partial charge in [-0.1, -0.05) is 0 Å². The first kappa shape index (κ1) is 13.3. The van der Waals surface area contributed by atoms with E-state index >= 15 is 0 Å². The number of nitrogens with zero attached hydrogens (tertiary/aromatic N) is 2. The molecule has 2 rings (SSSR count). The molecule has 1 N–H and O–H groups in total. The summed E-state index contributed by atoms with van der Waals surface area (Å²) in [6.07, 6.45) is 1.13. The van der Waals surface area contributed by atoms with Crippen LogP contribution in [0.1, 0.15) is 24.8 Å². The Balaban J connectivity index is 2.36. The number of hydrogen-bond acceptors (Lipinski definition) is 3. The summed E-state index contributed by atoms with van der Waals surface area (Å²) in [4.78, 5) is 12.2. The van der Waals surface area contributed by atoms with Crippen LogP contribution < -0.4 is 4.90 Å². The van der Waals surface area contributed by atoms with Gasteiger partial charge in [0.15, 0.2) is 11.6 Å². The van der Waals surface area contributed by atoms with E-state index in [4.69, 9.17) is 10.4 Å². The second kappa shape index (κ2) is 5.22. The van der Waals surface area contributed by atoms with Crippen LogP contribution in [0, 0.1) is 23.0 Å². The lowest BCUT2D eigenvalue weighted by molar-refractivity contribution is -0.137. The summed E-state index contributed by atoms with van der Waals surface area (Å²) in [5.74, 6) is -2.64. The van der Waals surface area contributed by atoms with E-state index in [0.29, 0.717) is 19.4 Å². The molecule has 1 aliphatic rings. The third kappa shape index (κ3) is 2.65. The zero-order chi connectivity index (χ0) is 14.0. The molecule has 1 saturated heterocycles. The molecule has 4 nitrogen and oxygen atoms in total. The highest BCUT2D eigenvalue weighted by Crippen LogP contribution is 2.32. The summed E-state index contributed by atoms with van der Waals surface area (Å²) < 4.78 is 27.8. The smallest absolute Gasteiger partial charge is 0.305 e. The number of carbonyl (C=O) groups is 1. The SMILES string of the molecule is N#Cc1cc(F)c(N2CCCC2CC(=O)O)c(F)c1. The first-order valence-electron chi connectivity index (χ1n) is 5.90. The van der Waals surface area contributed by atoms with Crippen molar-refractivity contribution in [1.82, 2.24) is 0 Å². The Kier molecular flexibility index (Phi) is 3.65. The molecule has 0 radical (unpaired) electrons. The van der Waals surface area contributed by atoms with Crippen LogP contribution in [-0.4, -0.2) is 23.7 Å². The zero-order valence-electron chi connectivity index (χ0n) is 10.1. The van der Waals surface area contributed by atoms with E-state index in [9.17, 15) is 13.6 Å². The van der Waals surface area contributed by atoms with Crippen molar-refractivity contribution in [2.24, 2.45) is 0 Å². The summed E-state index contributed by atoms with van der Waals surface area (Å²) in [6, 6.07) is 3.20. The van der Waals surface area contributed by atoms with E-state index in [-0.39, 0.29) is 17.7 Å². The third-order valence-electron chi connectivity index (χ3n) is 3.22. The fourth-order valence-electron chi connectivity index (χ4n) is 2.45. The molecule has 100 valence electrons. The van der Waals surface area contributed by atoms with E-state index < -0.39 is 23.6 Å². The highest BCUT2D eigenvalue weighted by atomic mass is 19.1. The first-order valence-corrected chi connectivity index (χ1v) is 5.90. The van der Waals surface area contributed by atoms with Crippen LogP contribution >= 0.6 is 0 Å². The Labute approximate surface area is 108 Å². The molecular formula is C13H12F2N2O2. The quantitative estimate of drug-likeness (QED) is 0.911. The molecular weight excluding hydrogens is 254 g/mol. The van der Waals surface area contributed by atoms with Crippen molar-refractivity contribution in [2.45, 2.75) is 25.3 Å². The summed E-state index contributed by atoms with van der Waals surface area (Å²) in [5.41, 5.74) is -0.324. The fourth-order valence-corrected chi connectivity index (χ4v) is 2.45. The molecule has 0 aliphatic carbocycles. The largest absolute Gasteiger partial charge is 0.481 e. The van der Waals surface area contributed by atoms with Crippen molar-refractivity contribution in [1.29, 1.82) is 5.26 Å². The molecule has 6 heteroatoms. The third-order valence-corrected chi connectivity index (χ3v) is 3.22. The van der Waals surface area contributed by atoms with Crippen LogP contribution in [0.2, 0.25) is 0 Å². The maximum atomic E-state index is 13.9. The van der Waals surface area contributed by atoms with Gasteiger partial charge in [-0.3, -0.25) is 4.79 Å². The number of carboxylic acid groups (broad SMARTS) is 1. The Morgan fingerprint density at radius 2 is 2.11 bits per heavy atom. The van der Waals surface area contributed by atoms with Gasteiger partial charge < -0.3 is 10.0 Å². The van der Waals surface area contributed by atoms with E-state index in [1.54, 1.807) is 6.07 Å². The van der Waals surface area contributed by atoms with Gasteiger partial charge in [0.1, 0.15) is 5.69 Å². The van der Waals surface area contributed by atoms with Crippen molar-refractivity contribution < 1.29 is 18.7 Å². The van der Waals surface area contributed by atoms with Crippen LogP contribution in [0.5, 0.6) is 0 Å². The lowest BCUT2D eigenvalue weighted by atomic mass is 10.1. The van der Waals surface area contributed by atoms with Gasteiger partial charge in [-0.05, 0) is 25.0 Å². The van der Waals surface area contributed by atoms with E-state index in [1.165, 1.54) is 4.90 Å². The minimum absolute atomic E-state index is 0.0901. The number of aliphatic carboxylic acids is 1. The van der Waals surface area contributed by atoms with Gasteiger partial charge >= 0.3 is 5.97 Å². The minimum Gasteiger partial charge on any atom is -0.481 e. The first-order chi connectivity index (χ1) is 9.02. The molecule has 0 amide bonds. The number of carboxylic acids is 1. The second-order valence-electron chi connectivity index (χ2n) is 4.49. The van der Waals surface area contributed by atoms with Crippen LogP contribution in [0.3, 0.4) is 0 Å². The predicted molar refractivity (Wildman–Crippen MR) is 63.7 cm³/mol. The summed E-state index contributed by atoms with van der Waals surface area (Å²) in [7, 11) is 0. The number of halogens is 2. The molecule has 0 spiro atoms. The van der Waals surface area contributed by atoms with Crippen molar-refractivity contribution in [3.05, 3.63) is 29.3 Å². The standard InChI is InChI=1S/C13H12F2N2O2/c14-10-4-8(7-16)5-11(15)13(10)17-3-1-2-9(17)6-12(18)19/h4-5,9H,1-3,6H2,(H,18,19). The Morgan fingerprint density at radius 3 is 2.63 bits per heavy atom. The summed E-state index contributed by atoms with van der Waals surface area (Å²) >= 11 is 0. The highest BCUT2D eigenvalue weighted by molar-refractivity contribution is 5.69. The molecule has 0 aromatic heterocycles. The van der Waals surface area contributed by atoms with Crippen LogP contribution in [-0.2, 0) is 4.79 Å². The van der Waals surface area contributed by atoms with Crippen molar-refractivity contribution in [2.75, 3.05) is 11.4 Å². The van der Waals surface area contributed by atoms with Gasteiger partial charge in [0.05, 0.1) is 18.1 Å². The summed E-state index contributed by atoms with van der Waals surface area (Å²) in [5, 5.41) is 17.4. The number of hydrogen-bond donors (Lipinski definition) is 1. The van der Waals surface area contributed by atoms with Gasteiger partial charge in [-0.2, -0.15) is 5.26 Å². The number of benzene rings is 1. The molecule has 19 heavy (non-hydrogen) atoms. The number of anilines is 1. The molecule has 1 fully saturated rings. The van der Waals surface area contributed by atoms with Crippen molar-refractivity contribution in [3.63, 3.8) is 0 Å². The lowest BCUT2D eigenvalue weighted by Gasteiger charge is -2.26. The van der Waals surface area contributed by atoms with Crippen LogP contribution in [0.15, 0.2) is 12.1 Å². The summed E-state index contributed by atoms with van der Waals surface area (Å²) in [6.45, 7) is 0.414. The van der Waals surface area contributed by atoms with Crippen LogP contribution in [0.25, 0.3) is 0 Å². The fraction of sp³-hybridized carbons (Fsp3) is 0.385. The minimum atomic E-state index is -0.994. The maximum Gasteiger partial charge on any atom is 0.305 e. The molecule has 1 aromatic carbocycles. The van der Waals surface area contributed by atoms with Crippen LogP contribution in [0.4, 0.5) is 14.5 Å². The lowest BCUT2D eigenvalue weighted by Crippen LogP contribution is -2.32. The molecule has 1 aromatic rings. The van der Waals surface area contributed by atoms with E-state index in [0.717, 1.165) is 12.1 Å². The van der Waals surface area contributed by atoms with Gasteiger partial charge in [0, 0.05) is 12.6 Å². The van der Waals surface area contributed by atoms with Crippen molar-refractivity contribution in [3.8, 4) is 6.07 Å². The Morgan fingerprint density at radius 1 is 1.47 bits per heavy atom. The van der Waals surface area contributed by atoms with Crippen molar-refractivity contribution >= 4 is 11.7 Å². The number of rotatable bonds is 3. The highest BCUT2D eigenvalue weighted by Gasteiger charge is 2.30. The monoisotopic (exact) mass is 266 g/mol. The van der Waals surface area contributed by atoms with Gasteiger partial charge in [-0.15, -0.1) is 0 Å². The number of nitriles is 1. The molecule has 1 unspecified atom stereocenters. The predicted octanol–water partition coefficient (Wildman–Crippen LogP) is 2.28. The Bertz CT molecular complexity index is 531. The van der Waals surface area contributed by atoms with E-state index in [1.807, 2.05) is 0 Å². The molecule has 1 heterocycles. The maximum absolute atomic E-state index is 13.9. The molecule has 1 aliphatic heterocycles. The van der Waals surface area contributed by atoms with Gasteiger partial charge in [0.25, 0.3) is 0 Å². The molecule has 1 atom stereocenters. The zero-order valence-corrected chi connectivity index (χ0v) is 10.1. The molecule has 0 saturated carbocycles. The average Bonchev–Trinajstić information content (AvgIpc) is 2.75. The second-order valence-corrected chi connectivity index (χ2v) is 4.49. The average molecular weight is 266 g/mol. The van der Waals surface area contributed by atoms with Gasteiger partial charge in [-0.25, -0.2) is 8.78 Å². The van der Waals surface area contributed by atoms with E-state index in [2.05, 4.69) is 0 Å². The Hall–Kier alpha value is -2.16.